The maximum atomic E-state index is 5.53. The maximum absolute atomic E-state index is 5.53. The summed E-state index contributed by atoms with van der Waals surface area (Å²) >= 11 is 0. The van der Waals surface area contributed by atoms with Crippen LogP contribution >= 0.6 is 0 Å². The van der Waals surface area contributed by atoms with E-state index in [4.69, 9.17) is 4.74 Å². The Morgan fingerprint density at radius 2 is 2.38 bits per heavy atom. The van der Waals surface area contributed by atoms with E-state index in [9.17, 15) is 0 Å². The fraction of sp³-hybridized carbons (Fsp3) is 0.636. The molecular formula is C11H19NO. The molecule has 0 unspecified atom stereocenters. The number of rotatable bonds is 4. The number of nitrogens with one attached hydrogen (secondary N) is 1. The molecule has 0 spiro atoms. The van der Waals surface area contributed by atoms with E-state index in [-0.39, 0.29) is 0 Å². The molecule has 0 bridgehead atoms. The Morgan fingerprint density at radius 3 is 3.15 bits per heavy atom. The van der Waals surface area contributed by atoms with Gasteiger partial charge in [-0.3, -0.25) is 0 Å². The first-order valence-electron chi connectivity index (χ1n) is 4.99. The lowest BCUT2D eigenvalue weighted by Crippen LogP contribution is -2.08. The van der Waals surface area contributed by atoms with Crippen molar-refractivity contribution in [2.24, 2.45) is 0 Å². The van der Waals surface area contributed by atoms with Crippen molar-refractivity contribution in [1.82, 2.24) is 5.32 Å². The zero-order valence-corrected chi connectivity index (χ0v) is 8.60. The Balaban J connectivity index is 2.39. The molecule has 0 atom stereocenters. The average molecular weight is 181 g/mol. The largest absolute Gasteiger partial charge is 0.470 e. The number of ether oxygens (including phenoxy) is 1. The minimum Gasteiger partial charge on any atom is -0.470 e. The van der Waals surface area contributed by atoms with Gasteiger partial charge in [0.15, 0.2) is 0 Å². The third-order valence-corrected chi connectivity index (χ3v) is 2.30. The van der Waals surface area contributed by atoms with Gasteiger partial charge in [-0.25, -0.2) is 0 Å². The van der Waals surface area contributed by atoms with Gasteiger partial charge >= 0.3 is 0 Å². The van der Waals surface area contributed by atoms with E-state index in [0.717, 1.165) is 32.2 Å². The molecule has 0 aliphatic carbocycles. The highest BCUT2D eigenvalue weighted by Crippen LogP contribution is 2.20. The lowest BCUT2D eigenvalue weighted by Gasteiger charge is -2.08. The number of allylic oxidation sites excluding steroid dienone is 3. The van der Waals surface area contributed by atoms with Crippen molar-refractivity contribution in [3.05, 3.63) is 23.7 Å². The highest BCUT2D eigenvalue weighted by atomic mass is 16.5. The van der Waals surface area contributed by atoms with Gasteiger partial charge in [0.1, 0.15) is 5.76 Å². The van der Waals surface area contributed by atoms with E-state index < -0.39 is 0 Å². The molecule has 0 aromatic heterocycles. The molecule has 0 saturated heterocycles. The fourth-order valence-corrected chi connectivity index (χ4v) is 1.44. The van der Waals surface area contributed by atoms with Crippen molar-refractivity contribution in [2.75, 3.05) is 13.6 Å². The molecule has 0 amide bonds. The molecule has 0 fully saturated rings. The van der Waals surface area contributed by atoms with E-state index in [1.54, 1.807) is 0 Å². The van der Waals surface area contributed by atoms with Gasteiger partial charge in [-0.05, 0) is 51.4 Å². The van der Waals surface area contributed by atoms with Crippen molar-refractivity contribution in [2.45, 2.75) is 32.6 Å². The standard InChI is InChI=1S/C11H19NO/c1-10-6-3-4-9-13-11(10)7-5-8-12-2/h4,9,12H,3,5-8H2,1-2H3. The molecule has 2 nitrogen and oxygen atoms in total. The topological polar surface area (TPSA) is 21.3 Å². The van der Waals surface area contributed by atoms with Gasteiger partial charge in [-0.2, -0.15) is 0 Å². The summed E-state index contributed by atoms with van der Waals surface area (Å²) < 4.78 is 5.53. The molecule has 2 heteroatoms. The van der Waals surface area contributed by atoms with E-state index in [2.05, 4.69) is 18.3 Å². The monoisotopic (exact) mass is 181 g/mol. The van der Waals surface area contributed by atoms with Gasteiger partial charge < -0.3 is 10.1 Å². The molecule has 74 valence electrons. The molecule has 0 saturated carbocycles. The van der Waals surface area contributed by atoms with E-state index in [0.29, 0.717) is 0 Å². The molecule has 1 N–H and O–H groups in total. The first-order valence-corrected chi connectivity index (χ1v) is 4.99. The van der Waals surface area contributed by atoms with Crippen molar-refractivity contribution in [1.29, 1.82) is 0 Å². The van der Waals surface area contributed by atoms with Crippen molar-refractivity contribution < 1.29 is 4.74 Å². The minimum absolute atomic E-state index is 1.05. The van der Waals surface area contributed by atoms with E-state index >= 15 is 0 Å². The second kappa shape index (κ2) is 5.81. The van der Waals surface area contributed by atoms with E-state index in [1.807, 2.05) is 13.3 Å². The zero-order chi connectivity index (χ0) is 9.52. The predicted octanol–water partition coefficient (Wildman–Crippen LogP) is 2.58. The fourth-order valence-electron chi connectivity index (χ4n) is 1.44. The zero-order valence-electron chi connectivity index (χ0n) is 8.60. The average Bonchev–Trinajstić information content (AvgIpc) is 2.32. The summed E-state index contributed by atoms with van der Waals surface area (Å²) in [7, 11) is 1.98. The quantitative estimate of drug-likeness (QED) is 0.673. The number of hydrogen-bond donors (Lipinski definition) is 1. The SMILES string of the molecule is CNCCCC1=C(C)CCC=CO1. The summed E-state index contributed by atoms with van der Waals surface area (Å²) in [5, 5.41) is 3.14. The molecule has 1 rings (SSSR count). The Labute approximate surface area is 80.7 Å². The Bertz CT molecular complexity index is 206. The third-order valence-electron chi connectivity index (χ3n) is 2.30. The second-order valence-electron chi connectivity index (χ2n) is 3.44. The van der Waals surface area contributed by atoms with Crippen LogP contribution in [0, 0.1) is 0 Å². The third kappa shape index (κ3) is 3.64. The molecule has 0 aromatic rings. The summed E-state index contributed by atoms with van der Waals surface area (Å²) in [6.45, 7) is 3.23. The molecule has 13 heavy (non-hydrogen) atoms. The normalized spacial score (nSPS) is 17.1. The van der Waals surface area contributed by atoms with Gasteiger partial charge in [-0.1, -0.05) is 0 Å². The highest BCUT2D eigenvalue weighted by Gasteiger charge is 2.05. The van der Waals surface area contributed by atoms with E-state index in [1.165, 1.54) is 11.3 Å². The summed E-state index contributed by atoms with van der Waals surface area (Å²) in [6.07, 6.45) is 8.38. The van der Waals surface area contributed by atoms with Crippen LogP contribution in [-0.2, 0) is 4.74 Å². The van der Waals surface area contributed by atoms with Gasteiger partial charge in [0.2, 0.25) is 0 Å². The van der Waals surface area contributed by atoms with Crippen LogP contribution in [0.3, 0.4) is 0 Å². The maximum Gasteiger partial charge on any atom is 0.102 e. The van der Waals surface area contributed by atoms with Crippen LogP contribution in [0.4, 0.5) is 0 Å². The van der Waals surface area contributed by atoms with Crippen LogP contribution < -0.4 is 5.32 Å². The van der Waals surface area contributed by atoms with Crippen LogP contribution in [0.2, 0.25) is 0 Å². The smallest absolute Gasteiger partial charge is 0.102 e. The van der Waals surface area contributed by atoms with Crippen LogP contribution in [0.15, 0.2) is 23.7 Å². The summed E-state index contributed by atoms with van der Waals surface area (Å²) in [6, 6.07) is 0. The van der Waals surface area contributed by atoms with Gasteiger partial charge in [-0.15, -0.1) is 0 Å². The van der Waals surface area contributed by atoms with Gasteiger partial charge in [0.25, 0.3) is 0 Å². The van der Waals surface area contributed by atoms with Gasteiger partial charge in [0, 0.05) is 6.42 Å². The van der Waals surface area contributed by atoms with Gasteiger partial charge in [0.05, 0.1) is 6.26 Å². The molecule has 1 aliphatic heterocycles. The van der Waals surface area contributed by atoms with Crippen LogP contribution in [0.5, 0.6) is 0 Å². The van der Waals surface area contributed by atoms with Crippen molar-refractivity contribution in [3.63, 3.8) is 0 Å². The Hall–Kier alpha value is -0.760. The van der Waals surface area contributed by atoms with Crippen LogP contribution in [-0.4, -0.2) is 13.6 Å². The molecule has 1 aliphatic rings. The predicted molar refractivity (Wildman–Crippen MR) is 55.3 cm³/mol. The molecule has 0 aromatic carbocycles. The minimum atomic E-state index is 1.05. The Kier molecular flexibility index (Phi) is 4.61. The lowest BCUT2D eigenvalue weighted by molar-refractivity contribution is 0.325. The first-order chi connectivity index (χ1) is 6.34. The van der Waals surface area contributed by atoms with Crippen molar-refractivity contribution >= 4 is 0 Å². The second-order valence-corrected chi connectivity index (χ2v) is 3.44. The first kappa shape index (κ1) is 10.3. The summed E-state index contributed by atoms with van der Waals surface area (Å²) in [5.41, 5.74) is 1.40. The van der Waals surface area contributed by atoms with Crippen LogP contribution in [0.1, 0.15) is 32.6 Å². The summed E-state index contributed by atoms with van der Waals surface area (Å²) in [5.74, 6) is 1.17. The lowest BCUT2D eigenvalue weighted by atomic mass is 10.1. The summed E-state index contributed by atoms with van der Waals surface area (Å²) in [4.78, 5) is 0. The molecule has 0 radical (unpaired) electrons. The highest BCUT2D eigenvalue weighted by molar-refractivity contribution is 5.10. The van der Waals surface area contributed by atoms with Crippen LogP contribution in [0.25, 0.3) is 0 Å². The van der Waals surface area contributed by atoms with Crippen molar-refractivity contribution in [3.8, 4) is 0 Å². The molecule has 1 heterocycles. The Morgan fingerprint density at radius 1 is 1.54 bits per heavy atom. The molecular weight excluding hydrogens is 162 g/mol. The number of hydrogen-bond acceptors (Lipinski definition) is 2.